The molecule has 1 aliphatic rings. The van der Waals surface area contributed by atoms with Crippen LogP contribution in [0.3, 0.4) is 0 Å². The van der Waals surface area contributed by atoms with Crippen LogP contribution in [0, 0.1) is 11.6 Å². The predicted octanol–water partition coefficient (Wildman–Crippen LogP) is 4.37. The number of hydrogen-bond donors (Lipinski definition) is 1. The highest BCUT2D eigenvalue weighted by Crippen LogP contribution is 2.34. The summed E-state index contributed by atoms with van der Waals surface area (Å²) in [4.78, 5) is 12.6. The van der Waals surface area contributed by atoms with Gasteiger partial charge in [0.05, 0.1) is 17.7 Å². The molecule has 1 heterocycles. The molecule has 0 atom stereocenters. The Labute approximate surface area is 184 Å². The largest absolute Gasteiger partial charge is 0.497 e. The van der Waals surface area contributed by atoms with Gasteiger partial charge in [0.2, 0.25) is 0 Å². The van der Waals surface area contributed by atoms with E-state index in [1.54, 1.807) is 24.3 Å². The van der Waals surface area contributed by atoms with Crippen LogP contribution in [0.2, 0.25) is 0 Å². The molecular weight excluding hydrogens is 438 g/mol. The molecule has 1 amide bonds. The first kappa shape index (κ1) is 21.8. The number of carbonyl (C=O) groups excluding carboxylic acids is 1. The van der Waals surface area contributed by atoms with Crippen LogP contribution < -0.4 is 14.4 Å². The van der Waals surface area contributed by atoms with Gasteiger partial charge in [0, 0.05) is 12.2 Å². The van der Waals surface area contributed by atoms with E-state index in [9.17, 15) is 22.0 Å². The van der Waals surface area contributed by atoms with Gasteiger partial charge in [-0.15, -0.1) is 0 Å². The minimum absolute atomic E-state index is 0.106. The highest BCUT2D eigenvalue weighted by atomic mass is 32.2. The maximum atomic E-state index is 13.9. The lowest BCUT2D eigenvalue weighted by molar-refractivity contribution is 0.101. The number of nitrogens with zero attached hydrogens (tertiary/aromatic N) is 1. The number of rotatable bonds is 5. The molecule has 0 saturated carbocycles. The van der Waals surface area contributed by atoms with Crippen LogP contribution in [0.25, 0.3) is 0 Å². The van der Waals surface area contributed by atoms with Gasteiger partial charge in [-0.2, -0.15) is 0 Å². The molecule has 0 bridgehead atoms. The summed E-state index contributed by atoms with van der Waals surface area (Å²) in [6, 6.07) is 14.0. The normalized spacial score (nSPS) is 13.4. The second-order valence-electron chi connectivity index (χ2n) is 7.25. The monoisotopic (exact) mass is 458 g/mol. The molecule has 0 aromatic heterocycles. The van der Waals surface area contributed by atoms with Crippen molar-refractivity contribution in [1.29, 1.82) is 0 Å². The van der Waals surface area contributed by atoms with Crippen molar-refractivity contribution in [2.75, 3.05) is 23.3 Å². The molecular formula is C23H20F2N2O4S. The van der Waals surface area contributed by atoms with E-state index in [1.165, 1.54) is 35.7 Å². The third-order valence-electron chi connectivity index (χ3n) is 5.26. The maximum Gasteiger partial charge on any atom is 0.264 e. The number of halogens is 2. The van der Waals surface area contributed by atoms with Gasteiger partial charge < -0.3 is 10.1 Å². The summed E-state index contributed by atoms with van der Waals surface area (Å²) in [5.74, 6) is -2.39. The number of methoxy groups -OCH3 is 1. The Bertz CT molecular complexity index is 1260. The van der Waals surface area contributed by atoms with Crippen LogP contribution in [0.4, 0.5) is 20.2 Å². The van der Waals surface area contributed by atoms with Crippen LogP contribution in [0.1, 0.15) is 22.3 Å². The smallest absolute Gasteiger partial charge is 0.264 e. The van der Waals surface area contributed by atoms with E-state index in [0.717, 1.165) is 17.7 Å². The van der Waals surface area contributed by atoms with Crippen LogP contribution in [0.5, 0.6) is 5.75 Å². The molecule has 1 N–H and O–H groups in total. The van der Waals surface area contributed by atoms with E-state index in [2.05, 4.69) is 5.32 Å². The fraction of sp³-hybridized carbons (Fsp3) is 0.174. The lowest BCUT2D eigenvalue weighted by atomic mass is 10.0. The second kappa shape index (κ2) is 8.58. The van der Waals surface area contributed by atoms with E-state index >= 15 is 0 Å². The zero-order valence-electron chi connectivity index (χ0n) is 17.1. The molecule has 4 rings (SSSR count). The summed E-state index contributed by atoms with van der Waals surface area (Å²) in [5, 5.41) is 2.46. The van der Waals surface area contributed by atoms with Gasteiger partial charge in [-0.1, -0.05) is 12.1 Å². The highest BCUT2D eigenvalue weighted by Gasteiger charge is 2.29. The average Bonchev–Trinajstić information content (AvgIpc) is 2.78. The second-order valence-corrected chi connectivity index (χ2v) is 9.11. The molecule has 0 spiro atoms. The Balaban J connectivity index is 1.67. The highest BCUT2D eigenvalue weighted by molar-refractivity contribution is 7.92. The number of aryl methyl sites for hydroxylation is 1. The number of nitrogens with one attached hydrogen (secondary N) is 1. The third kappa shape index (κ3) is 4.03. The summed E-state index contributed by atoms with van der Waals surface area (Å²) in [5.41, 5.74) is 0.739. The molecule has 9 heteroatoms. The van der Waals surface area contributed by atoms with Crippen molar-refractivity contribution in [3.63, 3.8) is 0 Å². The molecule has 166 valence electrons. The average molecular weight is 458 g/mol. The number of carbonyl (C=O) groups is 1. The molecule has 3 aromatic rings. The van der Waals surface area contributed by atoms with Crippen molar-refractivity contribution >= 4 is 27.3 Å². The first-order chi connectivity index (χ1) is 15.3. The zero-order chi connectivity index (χ0) is 22.9. The van der Waals surface area contributed by atoms with Crippen molar-refractivity contribution in [3.8, 4) is 5.75 Å². The maximum absolute atomic E-state index is 13.9. The Morgan fingerprint density at radius 2 is 1.72 bits per heavy atom. The summed E-state index contributed by atoms with van der Waals surface area (Å²) in [6.45, 7) is 0.265. The van der Waals surface area contributed by atoms with Gasteiger partial charge in [-0.05, 0) is 66.9 Å². The van der Waals surface area contributed by atoms with Gasteiger partial charge >= 0.3 is 0 Å². The number of amides is 1. The first-order valence-corrected chi connectivity index (χ1v) is 11.3. The zero-order valence-corrected chi connectivity index (χ0v) is 18.0. The fourth-order valence-corrected chi connectivity index (χ4v) is 5.18. The van der Waals surface area contributed by atoms with Gasteiger partial charge in [0.15, 0.2) is 0 Å². The quantitative estimate of drug-likeness (QED) is 0.616. The summed E-state index contributed by atoms with van der Waals surface area (Å²) in [7, 11) is -2.37. The summed E-state index contributed by atoms with van der Waals surface area (Å²) in [6.07, 6.45) is 1.30. The van der Waals surface area contributed by atoms with Crippen molar-refractivity contribution in [3.05, 3.63) is 83.4 Å². The Hall–Kier alpha value is -3.46. The number of sulfonamides is 1. The van der Waals surface area contributed by atoms with E-state index in [4.69, 9.17) is 4.74 Å². The van der Waals surface area contributed by atoms with Crippen molar-refractivity contribution in [1.82, 2.24) is 0 Å². The van der Waals surface area contributed by atoms with Crippen LogP contribution in [0.15, 0.2) is 65.6 Å². The van der Waals surface area contributed by atoms with Gasteiger partial charge in [-0.25, -0.2) is 17.2 Å². The molecule has 3 aromatic carbocycles. The standard InChI is InChI=1S/C23H20F2N2O4S/c1-31-17-9-11-18(12-10-17)32(29,30)27-13-3-4-15-7-8-16(14-21(15)27)26-23(28)22-19(24)5-2-6-20(22)25/h2,5-12,14H,3-4,13H2,1H3,(H,26,28). The fourth-order valence-electron chi connectivity index (χ4n) is 3.65. The van der Waals surface area contributed by atoms with E-state index < -0.39 is 33.1 Å². The van der Waals surface area contributed by atoms with Crippen LogP contribution >= 0.6 is 0 Å². The minimum Gasteiger partial charge on any atom is -0.497 e. The molecule has 6 nitrogen and oxygen atoms in total. The molecule has 32 heavy (non-hydrogen) atoms. The first-order valence-electron chi connectivity index (χ1n) is 9.86. The van der Waals surface area contributed by atoms with Crippen LogP contribution in [-0.2, 0) is 16.4 Å². The van der Waals surface area contributed by atoms with E-state index in [1.807, 2.05) is 0 Å². The SMILES string of the molecule is COc1ccc(S(=O)(=O)N2CCCc3ccc(NC(=O)c4c(F)cccc4F)cc32)cc1. The van der Waals surface area contributed by atoms with Crippen LogP contribution in [-0.4, -0.2) is 28.0 Å². The van der Waals surface area contributed by atoms with E-state index in [-0.39, 0.29) is 17.1 Å². The summed E-state index contributed by atoms with van der Waals surface area (Å²) >= 11 is 0. The molecule has 1 aliphatic heterocycles. The molecule has 0 radical (unpaired) electrons. The minimum atomic E-state index is -3.87. The lowest BCUT2D eigenvalue weighted by Gasteiger charge is -2.31. The Kier molecular flexibility index (Phi) is 5.84. The van der Waals surface area contributed by atoms with Gasteiger partial charge in [0.1, 0.15) is 22.9 Å². The Morgan fingerprint density at radius 1 is 1.03 bits per heavy atom. The van der Waals surface area contributed by atoms with E-state index in [0.29, 0.717) is 24.3 Å². The number of benzene rings is 3. The molecule has 0 unspecified atom stereocenters. The number of fused-ring (bicyclic) bond motifs is 1. The van der Waals surface area contributed by atoms with Gasteiger partial charge in [-0.3, -0.25) is 9.10 Å². The number of ether oxygens (including phenoxy) is 1. The topological polar surface area (TPSA) is 75.7 Å². The van der Waals surface area contributed by atoms with Gasteiger partial charge in [0.25, 0.3) is 15.9 Å². The predicted molar refractivity (Wildman–Crippen MR) is 117 cm³/mol. The molecule has 0 fully saturated rings. The van der Waals surface area contributed by atoms with Crippen molar-refractivity contribution in [2.45, 2.75) is 17.7 Å². The third-order valence-corrected chi connectivity index (χ3v) is 7.08. The van der Waals surface area contributed by atoms with Crippen molar-refractivity contribution in [2.24, 2.45) is 0 Å². The number of hydrogen-bond acceptors (Lipinski definition) is 4. The molecule has 0 aliphatic carbocycles. The molecule has 0 saturated heterocycles. The number of anilines is 2. The Morgan fingerprint density at radius 3 is 2.38 bits per heavy atom. The summed E-state index contributed by atoms with van der Waals surface area (Å²) < 4.78 is 60.8. The lowest BCUT2D eigenvalue weighted by Crippen LogP contribution is -2.35. The van der Waals surface area contributed by atoms with Crippen molar-refractivity contribution < 1.29 is 26.7 Å².